The summed E-state index contributed by atoms with van der Waals surface area (Å²) in [6.45, 7) is 1.65. The van der Waals surface area contributed by atoms with E-state index in [1.807, 2.05) is 4.90 Å². The highest BCUT2D eigenvalue weighted by Crippen LogP contribution is 2.26. The summed E-state index contributed by atoms with van der Waals surface area (Å²) in [4.78, 5) is 18.8. The fraction of sp³-hybridized carbons (Fsp3) is 0.429. The molecular weight excluding hydrogens is 306 g/mol. The van der Waals surface area contributed by atoms with Gasteiger partial charge < -0.3 is 10.2 Å². The zero-order valence-corrected chi connectivity index (χ0v) is 12.5. The molecule has 1 amide bonds. The van der Waals surface area contributed by atoms with Crippen LogP contribution >= 0.6 is 0 Å². The molecule has 0 radical (unpaired) electrons. The summed E-state index contributed by atoms with van der Waals surface area (Å²) in [7, 11) is 1.35. The van der Waals surface area contributed by atoms with Gasteiger partial charge in [0, 0.05) is 26.3 Å². The van der Waals surface area contributed by atoms with Gasteiger partial charge in [-0.3, -0.25) is 4.79 Å². The minimum atomic E-state index is -2.78. The van der Waals surface area contributed by atoms with Crippen molar-refractivity contribution in [2.24, 2.45) is 7.05 Å². The van der Waals surface area contributed by atoms with Crippen molar-refractivity contribution in [1.29, 1.82) is 0 Å². The highest BCUT2D eigenvalue weighted by atomic mass is 19.3. The molecule has 0 aliphatic carbocycles. The fourth-order valence-corrected chi connectivity index (χ4v) is 2.63. The number of aromatic nitrogens is 4. The van der Waals surface area contributed by atoms with E-state index >= 15 is 0 Å². The lowest BCUT2D eigenvalue weighted by Crippen LogP contribution is -2.24. The van der Waals surface area contributed by atoms with Crippen LogP contribution in [0.5, 0.6) is 0 Å². The molecule has 1 aliphatic heterocycles. The van der Waals surface area contributed by atoms with Crippen LogP contribution in [0.1, 0.15) is 35.3 Å². The number of halogens is 2. The van der Waals surface area contributed by atoms with Gasteiger partial charge in [0.1, 0.15) is 11.5 Å². The summed E-state index contributed by atoms with van der Waals surface area (Å²) in [5, 5.41) is 9.54. The summed E-state index contributed by atoms with van der Waals surface area (Å²) >= 11 is 0. The summed E-state index contributed by atoms with van der Waals surface area (Å²) < 4.78 is 27.0. The van der Waals surface area contributed by atoms with Crippen molar-refractivity contribution in [3.05, 3.63) is 29.6 Å². The molecule has 0 atom stereocenters. The molecule has 1 aliphatic rings. The maximum Gasteiger partial charge on any atom is 0.283 e. The van der Waals surface area contributed by atoms with E-state index in [1.54, 1.807) is 18.3 Å². The van der Waals surface area contributed by atoms with Gasteiger partial charge in [-0.05, 0) is 25.0 Å². The van der Waals surface area contributed by atoms with Crippen LogP contribution in [-0.4, -0.2) is 39.0 Å². The fourth-order valence-electron chi connectivity index (χ4n) is 2.63. The van der Waals surface area contributed by atoms with Gasteiger partial charge in [0.25, 0.3) is 12.3 Å². The molecule has 7 nitrogen and oxygen atoms in total. The van der Waals surface area contributed by atoms with Crippen LogP contribution < -0.4 is 10.2 Å². The zero-order valence-electron chi connectivity index (χ0n) is 12.5. The molecule has 122 valence electrons. The number of carbonyl (C=O) groups is 1. The predicted octanol–water partition coefficient (Wildman–Crippen LogP) is 2.00. The van der Waals surface area contributed by atoms with Gasteiger partial charge in [-0.1, -0.05) is 5.21 Å². The minimum Gasteiger partial charge on any atom is -0.356 e. The molecule has 0 spiro atoms. The Balaban J connectivity index is 1.87. The predicted molar refractivity (Wildman–Crippen MR) is 79.6 cm³/mol. The third-order valence-electron chi connectivity index (χ3n) is 3.75. The van der Waals surface area contributed by atoms with Crippen LogP contribution in [0.3, 0.4) is 0 Å². The van der Waals surface area contributed by atoms with Crippen molar-refractivity contribution in [3.8, 4) is 0 Å². The second kappa shape index (κ2) is 6.27. The van der Waals surface area contributed by atoms with E-state index in [9.17, 15) is 13.6 Å². The molecule has 1 N–H and O–H groups in total. The molecule has 1 saturated heterocycles. The maximum atomic E-state index is 13.0. The molecular formula is C14H16F2N6O. The van der Waals surface area contributed by atoms with Gasteiger partial charge in [0.15, 0.2) is 5.82 Å². The van der Waals surface area contributed by atoms with E-state index < -0.39 is 18.0 Å². The number of carbonyl (C=O) groups excluding carboxylic acids is 1. The number of hydrogen-bond donors (Lipinski definition) is 1. The summed E-state index contributed by atoms with van der Waals surface area (Å²) in [6, 6.07) is 3.26. The third kappa shape index (κ3) is 2.99. The van der Waals surface area contributed by atoms with Crippen molar-refractivity contribution < 1.29 is 13.6 Å². The molecule has 3 rings (SSSR count). The van der Waals surface area contributed by atoms with Crippen LogP contribution in [-0.2, 0) is 7.05 Å². The highest BCUT2D eigenvalue weighted by Gasteiger charge is 2.25. The zero-order chi connectivity index (χ0) is 16.4. The number of nitrogens with zero attached hydrogens (tertiary/aromatic N) is 5. The molecule has 9 heteroatoms. The quantitative estimate of drug-likeness (QED) is 0.932. The summed E-state index contributed by atoms with van der Waals surface area (Å²) in [5.74, 6) is -0.198. The van der Waals surface area contributed by atoms with Gasteiger partial charge in [-0.15, -0.1) is 5.10 Å². The first-order chi connectivity index (χ1) is 11.1. The Morgan fingerprint density at radius 2 is 2.09 bits per heavy atom. The average molecular weight is 322 g/mol. The number of anilines is 2. The van der Waals surface area contributed by atoms with E-state index in [-0.39, 0.29) is 5.82 Å². The Hall–Kier alpha value is -2.58. The topological polar surface area (TPSA) is 75.9 Å². The summed E-state index contributed by atoms with van der Waals surface area (Å²) in [6.07, 6.45) is 0.906. The number of nitrogens with one attached hydrogen (secondary N) is 1. The van der Waals surface area contributed by atoms with E-state index in [1.165, 1.54) is 7.05 Å². The second-order valence-corrected chi connectivity index (χ2v) is 5.27. The van der Waals surface area contributed by atoms with Crippen LogP contribution in [0.2, 0.25) is 0 Å². The average Bonchev–Trinajstić information content (AvgIpc) is 3.17. The number of pyridine rings is 1. The number of hydrogen-bond acceptors (Lipinski definition) is 5. The Labute approximate surface area is 131 Å². The number of rotatable bonds is 4. The lowest BCUT2D eigenvalue weighted by Gasteiger charge is -2.19. The van der Waals surface area contributed by atoms with Crippen molar-refractivity contribution in [3.63, 3.8) is 0 Å². The van der Waals surface area contributed by atoms with Crippen molar-refractivity contribution in [2.75, 3.05) is 23.3 Å². The molecule has 0 bridgehead atoms. The van der Waals surface area contributed by atoms with Crippen molar-refractivity contribution in [1.82, 2.24) is 20.0 Å². The molecule has 2 aromatic rings. The Bertz CT molecular complexity index is 711. The molecule has 0 saturated carbocycles. The number of amides is 1. The van der Waals surface area contributed by atoms with E-state index in [4.69, 9.17) is 0 Å². The lowest BCUT2D eigenvalue weighted by atomic mass is 10.2. The van der Waals surface area contributed by atoms with E-state index in [2.05, 4.69) is 20.6 Å². The van der Waals surface area contributed by atoms with E-state index in [0.717, 1.165) is 30.6 Å². The number of aryl methyl sites for hydroxylation is 1. The molecule has 3 heterocycles. The van der Waals surface area contributed by atoms with Crippen molar-refractivity contribution in [2.45, 2.75) is 19.3 Å². The molecule has 23 heavy (non-hydrogen) atoms. The van der Waals surface area contributed by atoms with Gasteiger partial charge in [-0.25, -0.2) is 18.4 Å². The van der Waals surface area contributed by atoms with Gasteiger partial charge in [0.2, 0.25) is 0 Å². The monoisotopic (exact) mass is 322 g/mol. The Morgan fingerprint density at radius 3 is 2.78 bits per heavy atom. The molecule has 1 fully saturated rings. The van der Waals surface area contributed by atoms with Crippen LogP contribution in [0, 0.1) is 0 Å². The van der Waals surface area contributed by atoms with Crippen LogP contribution in [0.25, 0.3) is 0 Å². The number of alkyl halides is 2. The van der Waals surface area contributed by atoms with Crippen molar-refractivity contribution >= 4 is 17.5 Å². The first-order valence-corrected chi connectivity index (χ1v) is 7.27. The van der Waals surface area contributed by atoms with E-state index in [0.29, 0.717) is 11.4 Å². The SMILES string of the molecule is Cn1nnc(NC(=O)c2cccnc2N2CCCC2)c1C(F)F. The largest absolute Gasteiger partial charge is 0.356 e. The standard InChI is InChI=1S/C14H16F2N6O/c1-21-10(11(15)16)12(19-20-21)18-14(23)9-5-4-6-17-13(9)22-7-2-3-8-22/h4-6,11H,2-3,7-8H2,1H3,(H,18,23). The molecule has 0 aromatic carbocycles. The smallest absolute Gasteiger partial charge is 0.283 e. The van der Waals surface area contributed by atoms with Gasteiger partial charge in [0.05, 0.1) is 5.56 Å². The summed E-state index contributed by atoms with van der Waals surface area (Å²) in [5.41, 5.74) is -0.0924. The normalized spacial score (nSPS) is 14.5. The minimum absolute atomic E-state index is 0.233. The first kappa shape index (κ1) is 15.3. The molecule has 2 aromatic heterocycles. The Morgan fingerprint density at radius 1 is 1.35 bits per heavy atom. The van der Waals surface area contributed by atoms with Gasteiger partial charge >= 0.3 is 0 Å². The molecule has 0 unspecified atom stereocenters. The second-order valence-electron chi connectivity index (χ2n) is 5.27. The van der Waals surface area contributed by atoms with Crippen LogP contribution in [0.15, 0.2) is 18.3 Å². The highest BCUT2D eigenvalue weighted by molar-refractivity contribution is 6.07. The van der Waals surface area contributed by atoms with Crippen LogP contribution in [0.4, 0.5) is 20.4 Å². The van der Waals surface area contributed by atoms with Gasteiger partial charge in [-0.2, -0.15) is 0 Å². The maximum absolute atomic E-state index is 13.0. The third-order valence-corrected chi connectivity index (χ3v) is 3.75. The lowest BCUT2D eigenvalue weighted by molar-refractivity contribution is 0.102. The Kier molecular flexibility index (Phi) is 4.18. The first-order valence-electron chi connectivity index (χ1n) is 7.27.